The maximum absolute atomic E-state index is 4.27. The number of hydrogen-bond acceptors (Lipinski definition) is 2. The average molecular weight is 181 g/mol. The van der Waals surface area contributed by atoms with Gasteiger partial charge in [0.25, 0.3) is 0 Å². The van der Waals surface area contributed by atoms with Crippen molar-refractivity contribution in [3.8, 4) is 0 Å². The maximum atomic E-state index is 4.27. The van der Waals surface area contributed by atoms with Crippen molar-refractivity contribution in [3.63, 3.8) is 0 Å². The number of benzene rings is 1. The molecule has 0 aliphatic heterocycles. The van der Waals surface area contributed by atoms with Gasteiger partial charge >= 0.3 is 0 Å². The van der Waals surface area contributed by atoms with E-state index in [9.17, 15) is 0 Å². The molecule has 0 heterocycles. The third-order valence-corrected chi connectivity index (χ3v) is 1.94. The molecular formula is C10H15NS. The highest BCUT2D eigenvalue weighted by molar-refractivity contribution is 7.80. The normalized spacial score (nSPS) is 10.2. The zero-order valence-electron chi connectivity index (χ0n) is 7.38. The summed E-state index contributed by atoms with van der Waals surface area (Å²) in [5.74, 6) is 0. The molecule has 0 bridgehead atoms. The van der Waals surface area contributed by atoms with Crippen molar-refractivity contribution in [2.24, 2.45) is 0 Å². The lowest BCUT2D eigenvalue weighted by Crippen LogP contribution is -2.13. The molecule has 2 heteroatoms. The Morgan fingerprint density at radius 1 is 1.42 bits per heavy atom. The first-order valence-electron chi connectivity index (χ1n) is 4.31. The predicted octanol–water partition coefficient (Wildman–Crippen LogP) is 2.47. The number of rotatable bonds is 4. The van der Waals surface area contributed by atoms with Gasteiger partial charge in [0.2, 0.25) is 0 Å². The van der Waals surface area contributed by atoms with Gasteiger partial charge < -0.3 is 5.32 Å². The lowest BCUT2D eigenvalue weighted by atomic mass is 10.2. The van der Waals surface area contributed by atoms with Gasteiger partial charge in [-0.25, -0.2) is 0 Å². The molecule has 1 nitrogen and oxygen atoms in total. The van der Waals surface area contributed by atoms with Crippen LogP contribution in [0, 0.1) is 0 Å². The molecule has 0 aliphatic carbocycles. The number of nitrogens with one attached hydrogen (secondary N) is 1. The summed E-state index contributed by atoms with van der Waals surface area (Å²) < 4.78 is 0. The molecule has 1 N–H and O–H groups in total. The standard InChI is InChI=1S/C10H15NS/c1-2-6-11-8-9-4-3-5-10(12)7-9/h3-5,7,11-12H,2,6,8H2,1H3. The molecule has 0 aliphatic rings. The second kappa shape index (κ2) is 5.22. The maximum Gasteiger partial charge on any atom is 0.0205 e. The second-order valence-corrected chi connectivity index (χ2v) is 3.36. The quantitative estimate of drug-likeness (QED) is 0.537. The minimum atomic E-state index is 0.947. The van der Waals surface area contributed by atoms with E-state index in [1.54, 1.807) is 0 Å². The van der Waals surface area contributed by atoms with Crippen LogP contribution in [0.4, 0.5) is 0 Å². The van der Waals surface area contributed by atoms with Gasteiger partial charge in [-0.15, -0.1) is 12.6 Å². The van der Waals surface area contributed by atoms with Gasteiger partial charge in [-0.2, -0.15) is 0 Å². The molecule has 1 aromatic carbocycles. The fourth-order valence-electron chi connectivity index (χ4n) is 1.08. The molecule has 0 atom stereocenters. The predicted molar refractivity (Wildman–Crippen MR) is 55.7 cm³/mol. The zero-order chi connectivity index (χ0) is 8.81. The SMILES string of the molecule is CCCNCc1cccc(S)c1. The Kier molecular flexibility index (Phi) is 4.19. The Morgan fingerprint density at radius 2 is 2.25 bits per heavy atom. The third kappa shape index (κ3) is 3.28. The van der Waals surface area contributed by atoms with E-state index in [1.165, 1.54) is 12.0 Å². The molecule has 0 radical (unpaired) electrons. The molecule has 66 valence electrons. The van der Waals surface area contributed by atoms with Crippen molar-refractivity contribution < 1.29 is 0 Å². The van der Waals surface area contributed by atoms with Crippen molar-refractivity contribution in [2.45, 2.75) is 24.8 Å². The molecular weight excluding hydrogens is 166 g/mol. The smallest absolute Gasteiger partial charge is 0.0205 e. The minimum Gasteiger partial charge on any atom is -0.313 e. The highest BCUT2D eigenvalue weighted by Crippen LogP contribution is 2.08. The monoisotopic (exact) mass is 181 g/mol. The zero-order valence-corrected chi connectivity index (χ0v) is 8.27. The van der Waals surface area contributed by atoms with E-state index in [1.807, 2.05) is 12.1 Å². The van der Waals surface area contributed by atoms with Crippen LogP contribution in [-0.4, -0.2) is 6.54 Å². The number of hydrogen-bond donors (Lipinski definition) is 2. The van der Waals surface area contributed by atoms with Gasteiger partial charge in [0.1, 0.15) is 0 Å². The molecule has 12 heavy (non-hydrogen) atoms. The molecule has 0 amide bonds. The van der Waals surface area contributed by atoms with E-state index >= 15 is 0 Å². The Hall–Kier alpha value is -0.470. The van der Waals surface area contributed by atoms with Crippen LogP contribution in [0.2, 0.25) is 0 Å². The molecule has 0 saturated heterocycles. The largest absolute Gasteiger partial charge is 0.313 e. The van der Waals surface area contributed by atoms with Gasteiger partial charge in [-0.3, -0.25) is 0 Å². The summed E-state index contributed by atoms with van der Waals surface area (Å²) in [6.45, 7) is 4.20. The van der Waals surface area contributed by atoms with Crippen LogP contribution in [0.15, 0.2) is 29.2 Å². The van der Waals surface area contributed by atoms with Crippen LogP contribution in [0.1, 0.15) is 18.9 Å². The molecule has 0 unspecified atom stereocenters. The van der Waals surface area contributed by atoms with Crippen LogP contribution in [0.5, 0.6) is 0 Å². The van der Waals surface area contributed by atoms with E-state index in [2.05, 4.69) is 37.0 Å². The van der Waals surface area contributed by atoms with Crippen molar-refractivity contribution in [1.82, 2.24) is 5.32 Å². The summed E-state index contributed by atoms with van der Waals surface area (Å²) in [6.07, 6.45) is 1.18. The van der Waals surface area contributed by atoms with E-state index in [-0.39, 0.29) is 0 Å². The number of thiol groups is 1. The molecule has 0 saturated carbocycles. The summed E-state index contributed by atoms with van der Waals surface area (Å²) in [7, 11) is 0. The van der Waals surface area contributed by atoms with E-state index in [4.69, 9.17) is 0 Å². The minimum absolute atomic E-state index is 0.947. The Bertz CT molecular complexity index is 235. The van der Waals surface area contributed by atoms with Crippen LogP contribution >= 0.6 is 12.6 Å². The van der Waals surface area contributed by atoms with E-state index in [0.717, 1.165) is 18.0 Å². The third-order valence-electron chi connectivity index (χ3n) is 1.67. The first kappa shape index (κ1) is 9.62. The van der Waals surface area contributed by atoms with Crippen LogP contribution < -0.4 is 5.32 Å². The average Bonchev–Trinajstić information content (AvgIpc) is 2.05. The molecule has 0 spiro atoms. The summed E-state index contributed by atoms with van der Waals surface area (Å²) in [5, 5.41) is 3.34. The topological polar surface area (TPSA) is 12.0 Å². The van der Waals surface area contributed by atoms with Crippen molar-refractivity contribution >= 4 is 12.6 Å². The Balaban J connectivity index is 2.41. The van der Waals surface area contributed by atoms with Gasteiger partial charge in [-0.05, 0) is 30.7 Å². The van der Waals surface area contributed by atoms with Gasteiger partial charge in [-0.1, -0.05) is 19.1 Å². The fraction of sp³-hybridized carbons (Fsp3) is 0.400. The van der Waals surface area contributed by atoms with Gasteiger partial charge in [0.05, 0.1) is 0 Å². The Morgan fingerprint density at radius 3 is 2.92 bits per heavy atom. The first-order valence-corrected chi connectivity index (χ1v) is 4.76. The fourth-order valence-corrected chi connectivity index (χ4v) is 1.33. The van der Waals surface area contributed by atoms with E-state index < -0.39 is 0 Å². The first-order chi connectivity index (χ1) is 5.83. The van der Waals surface area contributed by atoms with E-state index in [0.29, 0.717) is 0 Å². The van der Waals surface area contributed by atoms with Gasteiger partial charge in [0, 0.05) is 11.4 Å². The molecule has 0 fully saturated rings. The molecule has 1 aromatic rings. The Labute approximate surface area is 79.6 Å². The second-order valence-electron chi connectivity index (χ2n) is 2.85. The summed E-state index contributed by atoms with van der Waals surface area (Å²) in [6, 6.07) is 8.23. The summed E-state index contributed by atoms with van der Waals surface area (Å²) in [5.41, 5.74) is 1.30. The van der Waals surface area contributed by atoms with Gasteiger partial charge in [0.15, 0.2) is 0 Å². The molecule has 0 aromatic heterocycles. The van der Waals surface area contributed by atoms with Crippen LogP contribution in [-0.2, 0) is 6.54 Å². The molecule has 1 rings (SSSR count). The summed E-state index contributed by atoms with van der Waals surface area (Å²) >= 11 is 4.27. The van der Waals surface area contributed by atoms with Crippen LogP contribution in [0.3, 0.4) is 0 Å². The van der Waals surface area contributed by atoms with Crippen molar-refractivity contribution in [1.29, 1.82) is 0 Å². The van der Waals surface area contributed by atoms with Crippen LogP contribution in [0.25, 0.3) is 0 Å². The van der Waals surface area contributed by atoms with Crippen molar-refractivity contribution in [2.75, 3.05) is 6.54 Å². The van der Waals surface area contributed by atoms with Crippen molar-refractivity contribution in [3.05, 3.63) is 29.8 Å². The highest BCUT2D eigenvalue weighted by atomic mass is 32.1. The lowest BCUT2D eigenvalue weighted by Gasteiger charge is -2.03. The lowest BCUT2D eigenvalue weighted by molar-refractivity contribution is 0.674. The summed E-state index contributed by atoms with van der Waals surface area (Å²) in [4.78, 5) is 1.03. The highest BCUT2D eigenvalue weighted by Gasteiger charge is 1.91.